The van der Waals surface area contributed by atoms with Gasteiger partial charge in [0.15, 0.2) is 11.6 Å². The molecule has 0 saturated heterocycles. The maximum absolute atomic E-state index is 6.20. The van der Waals surface area contributed by atoms with E-state index in [2.05, 4.69) is 36.5 Å². The van der Waals surface area contributed by atoms with E-state index in [1.807, 2.05) is 48.5 Å². The summed E-state index contributed by atoms with van der Waals surface area (Å²) in [4.78, 5) is 8.43. The predicted octanol–water partition coefficient (Wildman–Crippen LogP) is 4.32. The van der Waals surface area contributed by atoms with E-state index in [4.69, 9.17) is 10.5 Å². The van der Waals surface area contributed by atoms with Crippen LogP contribution in [0.4, 0.5) is 28.7 Å². The monoisotopic (exact) mass is 385 g/mol. The van der Waals surface area contributed by atoms with Gasteiger partial charge >= 0.3 is 0 Å². The number of nitrogens with zero attached hydrogens (tertiary/aromatic N) is 2. The molecule has 122 valence electrons. The van der Waals surface area contributed by atoms with Gasteiger partial charge < -0.3 is 21.1 Å². The van der Waals surface area contributed by atoms with Gasteiger partial charge in [-0.15, -0.1) is 0 Å². The van der Waals surface area contributed by atoms with Crippen LogP contribution in [0.3, 0.4) is 0 Å². The lowest BCUT2D eigenvalue weighted by Crippen LogP contribution is -2.05. The van der Waals surface area contributed by atoms with Crippen molar-refractivity contribution in [2.45, 2.75) is 0 Å². The number of anilines is 5. The molecule has 1 aromatic heterocycles. The quantitative estimate of drug-likeness (QED) is 0.606. The Labute approximate surface area is 148 Å². The van der Waals surface area contributed by atoms with Gasteiger partial charge in [-0.3, -0.25) is 0 Å². The summed E-state index contributed by atoms with van der Waals surface area (Å²) in [6, 6.07) is 15.2. The van der Waals surface area contributed by atoms with E-state index in [1.165, 1.54) is 6.33 Å². The first-order valence-electron chi connectivity index (χ1n) is 7.20. The van der Waals surface area contributed by atoms with Gasteiger partial charge in [0, 0.05) is 10.2 Å². The summed E-state index contributed by atoms with van der Waals surface area (Å²) in [6.45, 7) is 0. The molecular weight excluding hydrogens is 370 g/mol. The number of nitrogen functional groups attached to an aromatic ring is 1. The van der Waals surface area contributed by atoms with Crippen molar-refractivity contribution in [2.75, 3.05) is 23.5 Å². The predicted molar refractivity (Wildman–Crippen MR) is 100 cm³/mol. The van der Waals surface area contributed by atoms with Crippen LogP contribution in [0.2, 0.25) is 0 Å². The van der Waals surface area contributed by atoms with E-state index in [-0.39, 0.29) is 0 Å². The number of para-hydroxylation sites is 1. The lowest BCUT2D eigenvalue weighted by Gasteiger charge is -2.13. The number of rotatable bonds is 5. The smallest absolute Gasteiger partial charge is 0.159 e. The first-order chi connectivity index (χ1) is 11.7. The Balaban J connectivity index is 1.83. The highest BCUT2D eigenvalue weighted by atomic mass is 79.9. The van der Waals surface area contributed by atoms with Crippen LogP contribution in [0.15, 0.2) is 59.3 Å². The Hall–Kier alpha value is -2.80. The molecule has 3 aromatic rings. The van der Waals surface area contributed by atoms with E-state index in [9.17, 15) is 0 Å². The van der Waals surface area contributed by atoms with Crippen molar-refractivity contribution in [2.24, 2.45) is 0 Å². The van der Waals surface area contributed by atoms with Gasteiger partial charge in [0.05, 0.1) is 12.8 Å². The minimum Gasteiger partial charge on any atom is -0.497 e. The van der Waals surface area contributed by atoms with Crippen molar-refractivity contribution in [3.63, 3.8) is 0 Å². The number of nitrogens with one attached hydrogen (secondary N) is 2. The fourth-order valence-electron chi connectivity index (χ4n) is 2.10. The van der Waals surface area contributed by atoms with Crippen LogP contribution in [-0.4, -0.2) is 17.1 Å². The molecule has 4 N–H and O–H groups in total. The van der Waals surface area contributed by atoms with E-state index < -0.39 is 0 Å². The van der Waals surface area contributed by atoms with Gasteiger partial charge in [0.2, 0.25) is 0 Å². The highest BCUT2D eigenvalue weighted by molar-refractivity contribution is 9.10. The Kier molecular flexibility index (Phi) is 4.81. The van der Waals surface area contributed by atoms with E-state index >= 15 is 0 Å². The summed E-state index contributed by atoms with van der Waals surface area (Å²) in [5.74, 6) is 1.85. The van der Waals surface area contributed by atoms with E-state index in [0.29, 0.717) is 17.3 Å². The number of hydrogen-bond acceptors (Lipinski definition) is 6. The Morgan fingerprint density at radius 1 is 0.958 bits per heavy atom. The van der Waals surface area contributed by atoms with E-state index in [1.54, 1.807) is 7.11 Å². The average Bonchev–Trinajstić information content (AvgIpc) is 2.61. The topological polar surface area (TPSA) is 85.1 Å². The standard InChI is InChI=1S/C17H16BrN5O/c1-24-12-8-6-11(7-9-12)22-16-15(19)17(21-10-20-16)23-14-5-3-2-4-13(14)18/h2-10H,19H2,1H3,(H2,20,21,22,23). The number of nitrogens with two attached hydrogens (primary N) is 1. The van der Waals surface area contributed by atoms with Gasteiger partial charge in [-0.25, -0.2) is 9.97 Å². The molecular formula is C17H16BrN5O. The highest BCUT2D eigenvalue weighted by Gasteiger charge is 2.10. The molecule has 0 amide bonds. The zero-order valence-corrected chi connectivity index (χ0v) is 14.5. The van der Waals surface area contributed by atoms with Crippen LogP contribution in [-0.2, 0) is 0 Å². The SMILES string of the molecule is COc1ccc(Nc2ncnc(Nc3ccccc3Br)c2N)cc1. The molecule has 0 saturated carbocycles. The number of aromatic nitrogens is 2. The van der Waals surface area contributed by atoms with Crippen LogP contribution in [0.25, 0.3) is 0 Å². The Morgan fingerprint density at radius 3 is 2.29 bits per heavy atom. The molecule has 0 aliphatic carbocycles. The van der Waals surface area contributed by atoms with Crippen molar-refractivity contribution in [1.82, 2.24) is 9.97 Å². The molecule has 0 aliphatic heterocycles. The van der Waals surface area contributed by atoms with E-state index in [0.717, 1.165) is 21.6 Å². The first-order valence-corrected chi connectivity index (χ1v) is 8.00. The van der Waals surface area contributed by atoms with Gasteiger partial charge in [0.25, 0.3) is 0 Å². The second-order valence-electron chi connectivity index (χ2n) is 4.94. The van der Waals surface area contributed by atoms with Gasteiger partial charge in [-0.2, -0.15) is 0 Å². The van der Waals surface area contributed by atoms with Crippen LogP contribution in [0.5, 0.6) is 5.75 Å². The van der Waals surface area contributed by atoms with Gasteiger partial charge in [-0.1, -0.05) is 12.1 Å². The van der Waals surface area contributed by atoms with Crippen molar-refractivity contribution < 1.29 is 4.74 Å². The molecule has 0 fully saturated rings. The molecule has 0 spiro atoms. The van der Waals surface area contributed by atoms with Crippen molar-refractivity contribution >= 4 is 44.6 Å². The third kappa shape index (κ3) is 3.57. The molecule has 0 aliphatic rings. The molecule has 2 aromatic carbocycles. The van der Waals surface area contributed by atoms with Crippen LogP contribution in [0, 0.1) is 0 Å². The molecule has 6 nitrogen and oxygen atoms in total. The fourth-order valence-corrected chi connectivity index (χ4v) is 2.48. The zero-order valence-electron chi connectivity index (χ0n) is 13.0. The zero-order chi connectivity index (χ0) is 16.9. The minimum atomic E-state index is 0.434. The maximum atomic E-state index is 6.20. The number of ether oxygens (including phenoxy) is 1. The van der Waals surface area contributed by atoms with Crippen molar-refractivity contribution in [3.8, 4) is 5.75 Å². The number of halogens is 1. The summed E-state index contributed by atoms with van der Waals surface area (Å²) < 4.78 is 6.07. The second-order valence-corrected chi connectivity index (χ2v) is 5.80. The average molecular weight is 386 g/mol. The molecule has 7 heteroatoms. The van der Waals surface area contributed by atoms with Crippen molar-refractivity contribution in [1.29, 1.82) is 0 Å². The number of methoxy groups -OCH3 is 1. The fraction of sp³-hybridized carbons (Fsp3) is 0.0588. The van der Waals surface area contributed by atoms with Gasteiger partial charge in [0.1, 0.15) is 17.8 Å². The Bertz CT molecular complexity index is 839. The minimum absolute atomic E-state index is 0.434. The second kappa shape index (κ2) is 7.18. The molecule has 0 atom stereocenters. The lowest BCUT2D eigenvalue weighted by molar-refractivity contribution is 0.415. The third-order valence-corrected chi connectivity index (χ3v) is 4.06. The molecule has 3 rings (SSSR count). The highest BCUT2D eigenvalue weighted by Crippen LogP contribution is 2.31. The molecule has 0 bridgehead atoms. The molecule has 24 heavy (non-hydrogen) atoms. The summed E-state index contributed by atoms with van der Waals surface area (Å²) in [5.41, 5.74) is 8.36. The number of benzene rings is 2. The summed E-state index contributed by atoms with van der Waals surface area (Å²) in [5, 5.41) is 6.38. The normalized spacial score (nSPS) is 10.2. The van der Waals surface area contributed by atoms with Crippen molar-refractivity contribution in [3.05, 3.63) is 59.3 Å². The maximum Gasteiger partial charge on any atom is 0.159 e. The lowest BCUT2D eigenvalue weighted by atomic mass is 10.3. The molecule has 0 radical (unpaired) electrons. The summed E-state index contributed by atoms with van der Waals surface area (Å²) >= 11 is 3.49. The molecule has 1 heterocycles. The molecule has 0 unspecified atom stereocenters. The van der Waals surface area contributed by atoms with Crippen LogP contribution < -0.4 is 21.1 Å². The summed E-state index contributed by atoms with van der Waals surface area (Å²) in [6.07, 6.45) is 1.46. The largest absolute Gasteiger partial charge is 0.497 e. The summed E-state index contributed by atoms with van der Waals surface area (Å²) in [7, 11) is 1.63. The Morgan fingerprint density at radius 2 is 1.62 bits per heavy atom. The van der Waals surface area contributed by atoms with Crippen LogP contribution in [0.1, 0.15) is 0 Å². The number of hydrogen-bond donors (Lipinski definition) is 3. The first kappa shape index (κ1) is 16.1. The van der Waals surface area contributed by atoms with Crippen LogP contribution >= 0.6 is 15.9 Å². The third-order valence-electron chi connectivity index (χ3n) is 3.36. The van der Waals surface area contributed by atoms with Gasteiger partial charge in [-0.05, 0) is 52.3 Å².